The zero-order chi connectivity index (χ0) is 13.8. The summed E-state index contributed by atoms with van der Waals surface area (Å²) in [7, 11) is 0. The summed E-state index contributed by atoms with van der Waals surface area (Å²) >= 11 is 0. The van der Waals surface area contributed by atoms with E-state index in [1.807, 2.05) is 45.9 Å². The van der Waals surface area contributed by atoms with E-state index in [1.54, 1.807) is 0 Å². The summed E-state index contributed by atoms with van der Waals surface area (Å²) in [5.74, 6) is 5.71. The van der Waals surface area contributed by atoms with E-state index in [0.29, 0.717) is 12.1 Å². The third kappa shape index (κ3) is 3.90. The molecule has 0 heterocycles. The highest BCUT2D eigenvalue weighted by atomic mass is 16.1. The number of nitrogens with one attached hydrogen (secondary N) is 1. The lowest BCUT2D eigenvalue weighted by atomic mass is 10.0. The molecular formula is C15H20N2O. The zero-order valence-corrected chi connectivity index (χ0v) is 11.4. The van der Waals surface area contributed by atoms with Gasteiger partial charge in [0.25, 0.3) is 5.91 Å². The SMILES string of the molecule is Cc1c(C#CCN)cccc1C(=O)NC(C)(C)C. The first-order valence-electron chi connectivity index (χ1n) is 5.96. The van der Waals surface area contributed by atoms with Gasteiger partial charge in [-0.25, -0.2) is 0 Å². The van der Waals surface area contributed by atoms with Gasteiger partial charge in [0.05, 0.1) is 6.54 Å². The van der Waals surface area contributed by atoms with Crippen molar-refractivity contribution in [3.8, 4) is 11.8 Å². The van der Waals surface area contributed by atoms with Gasteiger partial charge in [0.15, 0.2) is 0 Å². The van der Waals surface area contributed by atoms with Crippen LogP contribution in [-0.2, 0) is 0 Å². The first-order chi connectivity index (χ1) is 8.35. The van der Waals surface area contributed by atoms with Crippen LogP contribution in [0.4, 0.5) is 0 Å². The molecule has 3 N–H and O–H groups in total. The highest BCUT2D eigenvalue weighted by molar-refractivity contribution is 5.96. The second-order valence-electron chi connectivity index (χ2n) is 5.19. The van der Waals surface area contributed by atoms with Crippen molar-refractivity contribution in [3.05, 3.63) is 34.9 Å². The van der Waals surface area contributed by atoms with Crippen LogP contribution >= 0.6 is 0 Å². The Kier molecular flexibility index (Phi) is 4.52. The third-order valence-electron chi connectivity index (χ3n) is 2.39. The third-order valence-corrected chi connectivity index (χ3v) is 2.39. The Morgan fingerprint density at radius 3 is 2.61 bits per heavy atom. The van der Waals surface area contributed by atoms with E-state index in [9.17, 15) is 4.79 Å². The Hall–Kier alpha value is -1.79. The molecule has 18 heavy (non-hydrogen) atoms. The van der Waals surface area contributed by atoms with Crippen molar-refractivity contribution in [2.24, 2.45) is 5.73 Å². The number of benzene rings is 1. The molecule has 0 unspecified atom stereocenters. The number of amides is 1. The number of nitrogens with two attached hydrogens (primary N) is 1. The van der Waals surface area contributed by atoms with Gasteiger partial charge >= 0.3 is 0 Å². The molecule has 0 aromatic heterocycles. The summed E-state index contributed by atoms with van der Waals surface area (Å²) in [6.07, 6.45) is 0. The quantitative estimate of drug-likeness (QED) is 0.741. The zero-order valence-electron chi connectivity index (χ0n) is 11.4. The van der Waals surface area contributed by atoms with Gasteiger partial charge in [-0.1, -0.05) is 17.9 Å². The van der Waals surface area contributed by atoms with Crippen LogP contribution < -0.4 is 11.1 Å². The molecule has 1 amide bonds. The van der Waals surface area contributed by atoms with Gasteiger partial charge in [-0.3, -0.25) is 4.79 Å². The van der Waals surface area contributed by atoms with Crippen molar-refractivity contribution in [2.75, 3.05) is 6.54 Å². The average molecular weight is 244 g/mol. The van der Waals surface area contributed by atoms with Crippen LogP contribution in [0.2, 0.25) is 0 Å². The van der Waals surface area contributed by atoms with E-state index < -0.39 is 0 Å². The second-order valence-corrected chi connectivity index (χ2v) is 5.19. The van der Waals surface area contributed by atoms with Crippen molar-refractivity contribution in [1.29, 1.82) is 0 Å². The van der Waals surface area contributed by atoms with Gasteiger partial charge in [0.1, 0.15) is 0 Å². The van der Waals surface area contributed by atoms with Crippen LogP contribution in [0.5, 0.6) is 0 Å². The van der Waals surface area contributed by atoms with Crippen molar-refractivity contribution in [3.63, 3.8) is 0 Å². The largest absolute Gasteiger partial charge is 0.347 e. The lowest BCUT2D eigenvalue weighted by molar-refractivity contribution is 0.0919. The smallest absolute Gasteiger partial charge is 0.251 e. The molecule has 1 rings (SSSR count). The minimum Gasteiger partial charge on any atom is -0.347 e. The maximum atomic E-state index is 12.1. The first-order valence-corrected chi connectivity index (χ1v) is 5.96. The topological polar surface area (TPSA) is 55.1 Å². The van der Waals surface area contributed by atoms with Crippen LogP contribution in [0.1, 0.15) is 42.3 Å². The van der Waals surface area contributed by atoms with Gasteiger partial charge < -0.3 is 11.1 Å². The fraction of sp³-hybridized carbons (Fsp3) is 0.400. The van der Waals surface area contributed by atoms with Gasteiger partial charge in [-0.2, -0.15) is 0 Å². The van der Waals surface area contributed by atoms with Crippen LogP contribution in [-0.4, -0.2) is 18.0 Å². The summed E-state index contributed by atoms with van der Waals surface area (Å²) in [4.78, 5) is 12.1. The molecule has 0 atom stereocenters. The number of hydrogen-bond acceptors (Lipinski definition) is 2. The molecule has 0 aliphatic heterocycles. The summed E-state index contributed by atoms with van der Waals surface area (Å²) in [5.41, 5.74) is 7.51. The Balaban J connectivity index is 3.07. The Morgan fingerprint density at radius 2 is 2.06 bits per heavy atom. The standard InChI is InChI=1S/C15H20N2O/c1-11-12(8-6-10-16)7-5-9-13(11)14(18)17-15(2,3)4/h5,7,9H,10,16H2,1-4H3,(H,17,18). The number of carbonyl (C=O) groups excluding carboxylic acids is 1. The first kappa shape index (κ1) is 14.3. The fourth-order valence-electron chi connectivity index (χ4n) is 1.57. The van der Waals surface area contributed by atoms with Gasteiger partial charge in [-0.05, 0) is 45.4 Å². The number of carbonyl (C=O) groups is 1. The molecule has 0 bridgehead atoms. The van der Waals surface area contributed by atoms with Crippen molar-refractivity contribution in [1.82, 2.24) is 5.32 Å². The molecule has 0 aliphatic carbocycles. The normalized spacial score (nSPS) is 10.5. The van der Waals surface area contributed by atoms with Gasteiger partial charge in [0.2, 0.25) is 0 Å². The molecule has 3 nitrogen and oxygen atoms in total. The average Bonchev–Trinajstić information content (AvgIpc) is 2.25. The molecule has 1 aromatic carbocycles. The van der Waals surface area contributed by atoms with E-state index in [2.05, 4.69) is 17.2 Å². The summed E-state index contributed by atoms with van der Waals surface area (Å²) < 4.78 is 0. The predicted octanol–water partition coefficient (Wildman–Crippen LogP) is 1.83. The summed E-state index contributed by atoms with van der Waals surface area (Å²) in [6.45, 7) is 8.09. The van der Waals surface area contributed by atoms with Gasteiger partial charge in [-0.15, -0.1) is 0 Å². The van der Waals surface area contributed by atoms with E-state index in [0.717, 1.165) is 11.1 Å². The molecule has 0 saturated carbocycles. The molecular weight excluding hydrogens is 224 g/mol. The highest BCUT2D eigenvalue weighted by Crippen LogP contribution is 2.14. The minimum atomic E-state index is -0.248. The summed E-state index contributed by atoms with van der Waals surface area (Å²) in [5, 5.41) is 2.95. The van der Waals surface area contributed by atoms with E-state index in [4.69, 9.17) is 5.73 Å². The van der Waals surface area contributed by atoms with E-state index >= 15 is 0 Å². The molecule has 3 heteroatoms. The molecule has 96 valence electrons. The molecule has 0 saturated heterocycles. The number of hydrogen-bond donors (Lipinski definition) is 2. The Morgan fingerprint density at radius 1 is 1.39 bits per heavy atom. The Bertz CT molecular complexity index is 501. The number of rotatable bonds is 1. The molecule has 0 fully saturated rings. The molecule has 1 aromatic rings. The second kappa shape index (κ2) is 5.70. The van der Waals surface area contributed by atoms with Crippen LogP contribution in [0.15, 0.2) is 18.2 Å². The van der Waals surface area contributed by atoms with Crippen LogP contribution in [0, 0.1) is 18.8 Å². The van der Waals surface area contributed by atoms with Crippen molar-refractivity contribution < 1.29 is 4.79 Å². The minimum absolute atomic E-state index is 0.0728. The molecule has 0 spiro atoms. The molecule has 0 aliphatic rings. The van der Waals surface area contributed by atoms with Crippen LogP contribution in [0.3, 0.4) is 0 Å². The van der Waals surface area contributed by atoms with E-state index in [-0.39, 0.29) is 11.4 Å². The fourth-order valence-corrected chi connectivity index (χ4v) is 1.57. The lowest BCUT2D eigenvalue weighted by Gasteiger charge is -2.21. The lowest BCUT2D eigenvalue weighted by Crippen LogP contribution is -2.40. The van der Waals surface area contributed by atoms with Crippen molar-refractivity contribution >= 4 is 5.91 Å². The van der Waals surface area contributed by atoms with Crippen LogP contribution in [0.25, 0.3) is 0 Å². The monoisotopic (exact) mass is 244 g/mol. The summed E-state index contributed by atoms with van der Waals surface area (Å²) in [6, 6.07) is 5.54. The highest BCUT2D eigenvalue weighted by Gasteiger charge is 2.17. The Labute approximate surface area is 109 Å². The maximum Gasteiger partial charge on any atom is 0.251 e. The molecule has 0 radical (unpaired) electrons. The maximum absolute atomic E-state index is 12.1. The van der Waals surface area contributed by atoms with Gasteiger partial charge in [0, 0.05) is 16.7 Å². The van der Waals surface area contributed by atoms with Crippen molar-refractivity contribution in [2.45, 2.75) is 33.2 Å². The van der Waals surface area contributed by atoms with E-state index in [1.165, 1.54) is 0 Å². The predicted molar refractivity (Wildman–Crippen MR) is 74.3 cm³/mol.